The molecule has 1 atom stereocenters. The first-order valence-corrected chi connectivity index (χ1v) is 5.88. The molecule has 6 heteroatoms. The van der Waals surface area contributed by atoms with Crippen LogP contribution in [0, 0.1) is 6.92 Å². The van der Waals surface area contributed by atoms with Gasteiger partial charge in [0.25, 0.3) is 0 Å². The van der Waals surface area contributed by atoms with Crippen LogP contribution in [0.25, 0.3) is 0 Å². The summed E-state index contributed by atoms with van der Waals surface area (Å²) in [4.78, 5) is 10.4. The maximum atomic E-state index is 10.4. The topological polar surface area (TPSA) is 79.5 Å². The van der Waals surface area contributed by atoms with E-state index >= 15 is 0 Å². The van der Waals surface area contributed by atoms with E-state index in [-0.39, 0.29) is 12.5 Å². The molecule has 1 amide bonds. The van der Waals surface area contributed by atoms with Gasteiger partial charge in [0.15, 0.2) is 0 Å². The third-order valence-corrected chi connectivity index (χ3v) is 2.58. The highest BCUT2D eigenvalue weighted by molar-refractivity contribution is 5.44. The molecule has 0 spiro atoms. The van der Waals surface area contributed by atoms with Crippen molar-refractivity contribution >= 4 is 6.41 Å². The molecule has 17 heavy (non-hydrogen) atoms. The van der Waals surface area contributed by atoms with Gasteiger partial charge < -0.3 is 4.42 Å². The highest BCUT2D eigenvalue weighted by Gasteiger charge is 2.20. The van der Waals surface area contributed by atoms with Gasteiger partial charge in [-0.05, 0) is 6.42 Å². The fraction of sp³-hybridized carbons (Fsp3) is 0.727. The second-order valence-electron chi connectivity index (χ2n) is 4.08. The van der Waals surface area contributed by atoms with E-state index in [1.165, 1.54) is 0 Å². The van der Waals surface area contributed by atoms with Gasteiger partial charge >= 0.3 is 0 Å². The van der Waals surface area contributed by atoms with Gasteiger partial charge in [0.1, 0.15) is 0 Å². The van der Waals surface area contributed by atoms with Gasteiger partial charge in [-0.15, -0.1) is 10.2 Å². The zero-order valence-electron chi connectivity index (χ0n) is 10.3. The summed E-state index contributed by atoms with van der Waals surface area (Å²) in [5, 5.41) is 17.6. The number of carbonyl (C=O) groups is 1. The Morgan fingerprint density at radius 2 is 2.24 bits per heavy atom. The van der Waals surface area contributed by atoms with Gasteiger partial charge in [0.05, 0.1) is 12.5 Å². The maximum Gasteiger partial charge on any atom is 0.233 e. The highest BCUT2D eigenvalue weighted by Crippen LogP contribution is 2.22. The third-order valence-electron chi connectivity index (χ3n) is 2.58. The second-order valence-corrected chi connectivity index (χ2v) is 4.08. The van der Waals surface area contributed by atoms with Crippen molar-refractivity contribution < 1.29 is 14.4 Å². The molecule has 6 nitrogen and oxygen atoms in total. The van der Waals surface area contributed by atoms with Crippen molar-refractivity contribution in [2.75, 3.05) is 6.54 Å². The van der Waals surface area contributed by atoms with Crippen LogP contribution in [-0.2, 0) is 4.79 Å². The monoisotopic (exact) mass is 241 g/mol. The number of hydrogen-bond donors (Lipinski definition) is 1. The Bertz CT molecular complexity index is 340. The van der Waals surface area contributed by atoms with Gasteiger partial charge in [0.2, 0.25) is 18.2 Å². The van der Waals surface area contributed by atoms with Crippen LogP contribution in [0.4, 0.5) is 0 Å². The number of unbranched alkanes of at least 4 members (excludes halogenated alkanes) is 2. The summed E-state index contributed by atoms with van der Waals surface area (Å²) in [6.07, 6.45) is 4.44. The van der Waals surface area contributed by atoms with Gasteiger partial charge in [-0.3, -0.25) is 10.0 Å². The minimum atomic E-state index is -0.0991. The molecular weight excluding hydrogens is 222 g/mol. The summed E-state index contributed by atoms with van der Waals surface area (Å²) in [6.45, 7) is 4.03. The van der Waals surface area contributed by atoms with Crippen LogP contribution in [0.15, 0.2) is 4.42 Å². The van der Waals surface area contributed by atoms with Crippen molar-refractivity contribution in [3.63, 3.8) is 0 Å². The average Bonchev–Trinajstić information content (AvgIpc) is 2.74. The Morgan fingerprint density at radius 1 is 1.47 bits per heavy atom. The number of carbonyl (C=O) groups excluding carboxylic acids is 1. The summed E-state index contributed by atoms with van der Waals surface area (Å²) in [7, 11) is 0. The molecule has 1 rings (SSSR count). The van der Waals surface area contributed by atoms with Crippen molar-refractivity contribution in [1.82, 2.24) is 15.3 Å². The average molecular weight is 241 g/mol. The third kappa shape index (κ3) is 4.52. The van der Waals surface area contributed by atoms with Gasteiger partial charge in [-0.1, -0.05) is 26.2 Å². The van der Waals surface area contributed by atoms with E-state index in [4.69, 9.17) is 4.42 Å². The van der Waals surface area contributed by atoms with Crippen LogP contribution in [0.5, 0.6) is 0 Å². The largest absolute Gasteiger partial charge is 0.425 e. The summed E-state index contributed by atoms with van der Waals surface area (Å²) in [5.41, 5.74) is 0. The van der Waals surface area contributed by atoms with Crippen LogP contribution >= 0.6 is 0 Å². The van der Waals surface area contributed by atoms with Crippen molar-refractivity contribution in [3.05, 3.63) is 11.8 Å². The lowest BCUT2D eigenvalue weighted by atomic mass is 10.0. The minimum absolute atomic E-state index is 0.0991. The van der Waals surface area contributed by atoms with Crippen molar-refractivity contribution in [3.8, 4) is 0 Å². The predicted molar refractivity (Wildman–Crippen MR) is 60.5 cm³/mol. The molecule has 0 aliphatic heterocycles. The fourth-order valence-corrected chi connectivity index (χ4v) is 1.68. The number of aryl methyl sites for hydroxylation is 1. The molecule has 0 aliphatic rings. The normalized spacial score (nSPS) is 12.4. The first-order chi connectivity index (χ1) is 8.17. The Morgan fingerprint density at radius 3 is 2.76 bits per heavy atom. The number of amides is 1. The molecular formula is C11H19N3O3. The van der Waals surface area contributed by atoms with E-state index in [0.29, 0.717) is 23.3 Å². The van der Waals surface area contributed by atoms with Crippen molar-refractivity contribution in [1.29, 1.82) is 0 Å². The summed E-state index contributed by atoms with van der Waals surface area (Å²) >= 11 is 0. The molecule has 0 aliphatic carbocycles. The van der Waals surface area contributed by atoms with Crippen LogP contribution in [0.3, 0.4) is 0 Å². The Balaban J connectivity index is 2.61. The molecule has 0 saturated carbocycles. The molecule has 96 valence electrons. The number of nitrogens with zero attached hydrogens (tertiary/aromatic N) is 3. The van der Waals surface area contributed by atoms with Gasteiger partial charge in [-0.25, -0.2) is 5.06 Å². The van der Waals surface area contributed by atoms with Crippen LogP contribution < -0.4 is 0 Å². The predicted octanol–water partition coefficient (Wildman–Crippen LogP) is 1.89. The van der Waals surface area contributed by atoms with Gasteiger partial charge in [-0.2, -0.15) is 0 Å². The lowest BCUT2D eigenvalue weighted by molar-refractivity contribution is -0.151. The zero-order chi connectivity index (χ0) is 12.7. The minimum Gasteiger partial charge on any atom is -0.425 e. The Hall–Kier alpha value is -1.43. The molecule has 1 N–H and O–H groups in total. The quantitative estimate of drug-likeness (QED) is 0.325. The Labute approximate surface area is 101 Å². The molecule has 1 aromatic rings. The number of aromatic nitrogens is 2. The molecule has 1 heterocycles. The van der Waals surface area contributed by atoms with Crippen LogP contribution in [0.1, 0.15) is 50.3 Å². The number of rotatable bonds is 8. The highest BCUT2D eigenvalue weighted by atomic mass is 16.5. The smallest absolute Gasteiger partial charge is 0.233 e. The second kappa shape index (κ2) is 7.01. The van der Waals surface area contributed by atoms with Crippen molar-refractivity contribution in [2.24, 2.45) is 0 Å². The lowest BCUT2D eigenvalue weighted by Crippen LogP contribution is -2.24. The molecule has 0 bridgehead atoms. The van der Waals surface area contributed by atoms with E-state index in [1.54, 1.807) is 6.92 Å². The van der Waals surface area contributed by atoms with E-state index in [0.717, 1.165) is 25.7 Å². The van der Waals surface area contributed by atoms with E-state index < -0.39 is 0 Å². The van der Waals surface area contributed by atoms with E-state index in [9.17, 15) is 10.0 Å². The van der Waals surface area contributed by atoms with E-state index in [1.807, 2.05) is 0 Å². The summed E-state index contributed by atoms with van der Waals surface area (Å²) < 4.78 is 5.35. The molecule has 0 radical (unpaired) electrons. The number of hydroxylamine groups is 2. The Kier molecular flexibility index (Phi) is 5.62. The van der Waals surface area contributed by atoms with E-state index in [2.05, 4.69) is 17.1 Å². The summed E-state index contributed by atoms with van der Waals surface area (Å²) in [6, 6.07) is 0. The SMILES string of the molecule is CCCCC[C@@H](CN(O)C=O)c1nnc(C)o1. The molecule has 0 aromatic carbocycles. The van der Waals surface area contributed by atoms with Gasteiger partial charge in [0, 0.05) is 6.92 Å². The zero-order valence-corrected chi connectivity index (χ0v) is 10.3. The fourth-order valence-electron chi connectivity index (χ4n) is 1.68. The molecule has 1 aromatic heterocycles. The van der Waals surface area contributed by atoms with Crippen molar-refractivity contribution in [2.45, 2.75) is 45.4 Å². The first-order valence-electron chi connectivity index (χ1n) is 5.88. The molecule has 0 fully saturated rings. The standard InChI is InChI=1S/C11H19N3O3/c1-3-4-5-6-10(7-14(16)8-15)11-13-12-9(2)17-11/h8,10,16H,3-7H2,1-2H3/t10-/m0/s1. The van der Waals surface area contributed by atoms with Crippen LogP contribution in [-0.4, -0.2) is 33.4 Å². The molecule has 0 saturated heterocycles. The summed E-state index contributed by atoms with van der Waals surface area (Å²) in [5.74, 6) is 0.883. The van der Waals surface area contributed by atoms with Crippen LogP contribution in [0.2, 0.25) is 0 Å². The first kappa shape index (κ1) is 13.6. The number of hydrogen-bond acceptors (Lipinski definition) is 5. The maximum absolute atomic E-state index is 10.4. The lowest BCUT2D eigenvalue weighted by Gasteiger charge is -2.16. The molecule has 0 unspecified atom stereocenters.